The van der Waals surface area contributed by atoms with Crippen molar-refractivity contribution in [2.45, 2.75) is 10.8 Å². The summed E-state index contributed by atoms with van der Waals surface area (Å²) in [6, 6.07) is 101. The maximum absolute atomic E-state index is 2.63. The van der Waals surface area contributed by atoms with Gasteiger partial charge in [0.1, 0.15) is 0 Å². The molecule has 0 N–H and O–H groups in total. The third kappa shape index (κ3) is 4.58. The van der Waals surface area contributed by atoms with Crippen molar-refractivity contribution < 1.29 is 0 Å². The highest BCUT2D eigenvalue weighted by Gasteiger charge is 2.47. The molecule has 78 heavy (non-hydrogen) atoms. The van der Waals surface area contributed by atoms with Crippen molar-refractivity contribution >= 4 is 98.3 Å². The second-order valence-corrected chi connectivity index (χ2v) is 21.8. The van der Waals surface area contributed by atoms with E-state index in [1.807, 2.05) is 0 Å². The van der Waals surface area contributed by atoms with E-state index in [9.17, 15) is 0 Å². The number of fused-ring (bicyclic) bond motifs is 20. The molecule has 7 heterocycles. The van der Waals surface area contributed by atoms with Gasteiger partial charge in [-0.25, -0.2) is 0 Å². The Morgan fingerprint density at radius 2 is 0.526 bits per heavy atom. The number of hydrogen-bond acceptors (Lipinski definition) is 0. The number of hydrogen-bond donors (Lipinski definition) is 0. The highest BCUT2D eigenvalue weighted by atomic mass is 15.1. The van der Waals surface area contributed by atoms with Gasteiger partial charge in [0.05, 0.1) is 77.4 Å². The molecular formula is C74H44N4. The molecule has 0 spiro atoms. The Hall–Kier alpha value is -10.2. The van der Waals surface area contributed by atoms with Gasteiger partial charge in [-0.05, 0) is 80.9 Å². The molecule has 5 aromatic heterocycles. The summed E-state index contributed by atoms with van der Waals surface area (Å²) in [6.07, 6.45) is 0. The Labute approximate surface area is 447 Å². The van der Waals surface area contributed by atoms with Crippen LogP contribution in [0.3, 0.4) is 0 Å². The molecule has 0 amide bonds. The second kappa shape index (κ2) is 14.4. The average Bonchev–Trinajstić information content (AvgIpc) is 3.68. The van der Waals surface area contributed by atoms with Crippen LogP contribution < -0.4 is 0 Å². The lowest BCUT2D eigenvalue weighted by atomic mass is 9.63. The van der Waals surface area contributed by atoms with Crippen LogP contribution in [0.1, 0.15) is 44.5 Å². The molecule has 2 aliphatic heterocycles. The van der Waals surface area contributed by atoms with Crippen LogP contribution in [0.4, 0.5) is 0 Å². The molecule has 0 aliphatic carbocycles. The Bertz CT molecular complexity index is 5000. The summed E-state index contributed by atoms with van der Waals surface area (Å²) in [6.45, 7) is 0. The largest absolute Gasteiger partial charge is 0.308 e. The van der Waals surface area contributed by atoms with Gasteiger partial charge < -0.3 is 17.9 Å². The van der Waals surface area contributed by atoms with Crippen LogP contribution >= 0.6 is 0 Å². The Morgan fingerprint density at radius 1 is 0.205 bits per heavy atom. The standard InChI is InChI=1S/C74H44N4/c1-5-21-45(22-6-1)73(46-23-7-2-8-24-46)55-33-13-15-37-59(55)77-67-49(29-17-35-57(67)73)51-41-43-61-65(71(51)77)53-31-19-39-63-69(53)75(61)64-40-20-32-54-66-62(76(63)70(54)64)44-42-52-50-30-18-36-58-68(50)78(72(52)66)60-38-16-14-34-56(60)74(58,47-25-9-3-10-26-47)48-27-11-4-12-28-48/h1-44H. The van der Waals surface area contributed by atoms with Crippen molar-refractivity contribution in [3.63, 3.8) is 0 Å². The minimum atomic E-state index is -0.543. The molecule has 4 heteroatoms. The lowest BCUT2D eigenvalue weighted by Crippen LogP contribution is -2.35. The molecule has 0 bridgehead atoms. The van der Waals surface area contributed by atoms with E-state index in [1.54, 1.807) is 0 Å². The molecule has 19 rings (SSSR count). The number of nitrogens with zero attached hydrogens (tertiary/aromatic N) is 4. The topological polar surface area (TPSA) is 18.7 Å². The highest BCUT2D eigenvalue weighted by Crippen LogP contribution is 2.58. The Morgan fingerprint density at radius 3 is 0.923 bits per heavy atom. The van der Waals surface area contributed by atoms with Crippen LogP contribution in [0.2, 0.25) is 0 Å². The lowest BCUT2D eigenvalue weighted by molar-refractivity contribution is 0.728. The van der Waals surface area contributed by atoms with Crippen LogP contribution in [0.15, 0.2) is 267 Å². The number of aromatic nitrogens is 4. The van der Waals surface area contributed by atoms with Crippen molar-refractivity contribution in [3.05, 3.63) is 311 Å². The molecule has 12 aromatic carbocycles. The quantitative estimate of drug-likeness (QED) is 0.157. The molecule has 0 fully saturated rings. The third-order valence-electron chi connectivity index (χ3n) is 18.6. The SMILES string of the molecule is c1ccc(C2(c3ccccc3)c3ccccc3-n3c4c2cccc4c2ccc4c(c5cccc6c5n4c4cccc5c7c8c(ccc7n6c54)c4cccc5c4n8-c4ccccc4C5(c4ccccc4)c4ccccc4)c23)cc1. The molecule has 0 atom stereocenters. The van der Waals surface area contributed by atoms with E-state index in [0.29, 0.717) is 0 Å². The van der Waals surface area contributed by atoms with Crippen molar-refractivity contribution in [1.82, 2.24) is 17.9 Å². The summed E-state index contributed by atoms with van der Waals surface area (Å²) in [5, 5.41) is 10.1. The third-order valence-corrected chi connectivity index (χ3v) is 18.6. The van der Waals surface area contributed by atoms with E-state index in [4.69, 9.17) is 0 Å². The normalized spacial score (nSPS) is 14.4. The maximum Gasteiger partial charge on any atom is 0.0784 e. The van der Waals surface area contributed by atoms with E-state index in [0.717, 1.165) is 0 Å². The van der Waals surface area contributed by atoms with E-state index < -0.39 is 10.8 Å². The van der Waals surface area contributed by atoms with Crippen molar-refractivity contribution in [3.8, 4) is 11.4 Å². The van der Waals surface area contributed by atoms with Gasteiger partial charge in [-0.1, -0.05) is 231 Å². The van der Waals surface area contributed by atoms with Crippen LogP contribution in [-0.4, -0.2) is 17.9 Å². The zero-order valence-corrected chi connectivity index (χ0v) is 42.2. The van der Waals surface area contributed by atoms with Crippen LogP contribution in [0.25, 0.3) is 110 Å². The highest BCUT2D eigenvalue weighted by molar-refractivity contribution is 6.32. The van der Waals surface area contributed by atoms with Gasteiger partial charge in [-0.2, -0.15) is 0 Å². The fourth-order valence-corrected chi connectivity index (χ4v) is 15.9. The first-order valence-corrected chi connectivity index (χ1v) is 27.3. The van der Waals surface area contributed by atoms with Crippen molar-refractivity contribution in [2.24, 2.45) is 0 Å². The van der Waals surface area contributed by atoms with Gasteiger partial charge in [0.2, 0.25) is 0 Å². The average molecular weight is 989 g/mol. The fourth-order valence-electron chi connectivity index (χ4n) is 15.9. The molecule has 0 radical (unpaired) electrons. The predicted molar refractivity (Wildman–Crippen MR) is 322 cm³/mol. The molecule has 4 nitrogen and oxygen atoms in total. The van der Waals surface area contributed by atoms with Gasteiger partial charge in [-0.3, -0.25) is 0 Å². The second-order valence-electron chi connectivity index (χ2n) is 21.8. The van der Waals surface area contributed by atoms with Gasteiger partial charge in [0.15, 0.2) is 0 Å². The summed E-state index contributed by atoms with van der Waals surface area (Å²) < 4.78 is 10.4. The lowest BCUT2D eigenvalue weighted by Gasteiger charge is -2.41. The van der Waals surface area contributed by atoms with Crippen molar-refractivity contribution in [2.75, 3.05) is 0 Å². The number of rotatable bonds is 4. The first-order valence-electron chi connectivity index (χ1n) is 27.3. The Kier molecular flexibility index (Phi) is 7.59. The summed E-state index contributed by atoms with van der Waals surface area (Å²) in [5.41, 5.74) is 23.8. The van der Waals surface area contributed by atoms with Crippen LogP contribution in [-0.2, 0) is 10.8 Å². The van der Waals surface area contributed by atoms with Gasteiger partial charge in [0.25, 0.3) is 0 Å². The summed E-state index contributed by atoms with van der Waals surface area (Å²) in [5.74, 6) is 0. The smallest absolute Gasteiger partial charge is 0.0784 e. The molecule has 0 saturated carbocycles. The first-order chi connectivity index (χ1) is 38.8. The van der Waals surface area contributed by atoms with E-state index in [2.05, 4.69) is 285 Å². The summed E-state index contributed by atoms with van der Waals surface area (Å²) >= 11 is 0. The minimum Gasteiger partial charge on any atom is -0.308 e. The summed E-state index contributed by atoms with van der Waals surface area (Å²) in [4.78, 5) is 0. The molecule has 0 saturated heterocycles. The minimum absolute atomic E-state index is 0.543. The monoisotopic (exact) mass is 988 g/mol. The number of para-hydroxylation sites is 6. The zero-order chi connectivity index (χ0) is 50.6. The van der Waals surface area contributed by atoms with Gasteiger partial charge in [-0.15, -0.1) is 0 Å². The van der Waals surface area contributed by atoms with Crippen molar-refractivity contribution in [1.29, 1.82) is 0 Å². The van der Waals surface area contributed by atoms with E-state index in [-0.39, 0.29) is 0 Å². The van der Waals surface area contributed by atoms with E-state index >= 15 is 0 Å². The predicted octanol–water partition coefficient (Wildman–Crippen LogP) is 17.8. The molecule has 2 aliphatic rings. The molecule has 360 valence electrons. The summed E-state index contributed by atoms with van der Waals surface area (Å²) in [7, 11) is 0. The Balaban J connectivity index is 0.958. The van der Waals surface area contributed by atoms with Crippen LogP contribution in [0, 0.1) is 0 Å². The fraction of sp³-hybridized carbons (Fsp3) is 0.0270. The molecular weight excluding hydrogens is 945 g/mol. The van der Waals surface area contributed by atoms with Gasteiger partial charge >= 0.3 is 0 Å². The van der Waals surface area contributed by atoms with E-state index in [1.165, 1.54) is 154 Å². The van der Waals surface area contributed by atoms with Gasteiger partial charge in [0, 0.05) is 43.1 Å². The number of benzene rings is 12. The first kappa shape index (κ1) is 41.1. The molecule has 0 unspecified atom stereocenters. The zero-order valence-electron chi connectivity index (χ0n) is 42.2. The molecule has 17 aromatic rings. The maximum atomic E-state index is 2.63. The van der Waals surface area contributed by atoms with Crippen LogP contribution in [0.5, 0.6) is 0 Å².